The van der Waals surface area contributed by atoms with E-state index < -0.39 is 5.97 Å². The predicted molar refractivity (Wildman–Crippen MR) is 64.0 cm³/mol. The summed E-state index contributed by atoms with van der Waals surface area (Å²) in [7, 11) is 3.24. The first kappa shape index (κ1) is 15.7. The number of ether oxygens (including phenoxy) is 1. The summed E-state index contributed by atoms with van der Waals surface area (Å²) in [5.41, 5.74) is 0. The number of hydrogen-bond acceptors (Lipinski definition) is 3. The SMILES string of the molecule is CCC(COC)NC(=O)N(C)CCCC(=O)O. The van der Waals surface area contributed by atoms with Gasteiger partial charge in [-0.15, -0.1) is 0 Å². The van der Waals surface area contributed by atoms with Crippen LogP contribution < -0.4 is 5.32 Å². The molecule has 0 aliphatic heterocycles. The van der Waals surface area contributed by atoms with Crippen molar-refractivity contribution in [2.24, 2.45) is 0 Å². The number of nitrogens with one attached hydrogen (secondary N) is 1. The summed E-state index contributed by atoms with van der Waals surface area (Å²) in [5.74, 6) is -0.843. The van der Waals surface area contributed by atoms with Gasteiger partial charge in [0.1, 0.15) is 0 Å². The van der Waals surface area contributed by atoms with E-state index >= 15 is 0 Å². The Bertz CT molecular complexity index is 246. The van der Waals surface area contributed by atoms with Gasteiger partial charge in [0, 0.05) is 27.1 Å². The van der Waals surface area contributed by atoms with E-state index in [1.54, 1.807) is 14.2 Å². The molecule has 0 rings (SSSR count). The maximum atomic E-state index is 11.7. The molecule has 0 spiro atoms. The van der Waals surface area contributed by atoms with E-state index in [0.717, 1.165) is 6.42 Å². The Hall–Kier alpha value is -1.30. The van der Waals surface area contributed by atoms with Crippen molar-refractivity contribution in [3.05, 3.63) is 0 Å². The first-order valence-electron chi connectivity index (χ1n) is 5.73. The standard InChI is InChI=1S/C11H22N2O4/c1-4-9(8-17-3)12-11(16)13(2)7-5-6-10(14)15/h9H,4-8H2,1-3H3,(H,12,16)(H,14,15). The Morgan fingerprint density at radius 2 is 2.12 bits per heavy atom. The molecule has 1 unspecified atom stereocenters. The highest BCUT2D eigenvalue weighted by Gasteiger charge is 2.13. The van der Waals surface area contributed by atoms with Crippen LogP contribution in [0, 0.1) is 0 Å². The summed E-state index contributed by atoms with van der Waals surface area (Å²) in [4.78, 5) is 23.5. The van der Waals surface area contributed by atoms with Gasteiger partial charge in [-0.1, -0.05) is 6.92 Å². The third-order valence-corrected chi connectivity index (χ3v) is 2.42. The number of hydrogen-bond donors (Lipinski definition) is 2. The number of carbonyl (C=O) groups is 2. The van der Waals surface area contributed by atoms with Crippen LogP contribution in [0.4, 0.5) is 4.79 Å². The zero-order valence-corrected chi connectivity index (χ0v) is 10.7. The molecule has 0 aromatic carbocycles. The number of carboxylic acids is 1. The van der Waals surface area contributed by atoms with Crippen molar-refractivity contribution in [3.63, 3.8) is 0 Å². The molecule has 0 aliphatic carbocycles. The van der Waals surface area contributed by atoms with Gasteiger partial charge in [0.05, 0.1) is 12.6 Å². The minimum Gasteiger partial charge on any atom is -0.481 e. The lowest BCUT2D eigenvalue weighted by atomic mass is 10.2. The minimum atomic E-state index is -0.843. The fourth-order valence-corrected chi connectivity index (χ4v) is 1.32. The van der Waals surface area contributed by atoms with E-state index in [1.807, 2.05) is 6.92 Å². The third-order valence-electron chi connectivity index (χ3n) is 2.42. The summed E-state index contributed by atoms with van der Waals surface area (Å²) in [6.45, 7) is 2.88. The molecule has 100 valence electrons. The Labute approximate surface area is 102 Å². The van der Waals surface area contributed by atoms with Gasteiger partial charge in [-0.2, -0.15) is 0 Å². The number of carboxylic acid groups (broad SMARTS) is 1. The molecule has 0 aliphatic rings. The lowest BCUT2D eigenvalue weighted by molar-refractivity contribution is -0.137. The molecule has 2 N–H and O–H groups in total. The Morgan fingerprint density at radius 1 is 1.47 bits per heavy atom. The van der Waals surface area contributed by atoms with Gasteiger partial charge < -0.3 is 20.1 Å². The monoisotopic (exact) mass is 246 g/mol. The van der Waals surface area contributed by atoms with Crippen LogP contribution in [0.1, 0.15) is 26.2 Å². The summed E-state index contributed by atoms with van der Waals surface area (Å²) in [5, 5.41) is 11.3. The molecular weight excluding hydrogens is 224 g/mol. The van der Waals surface area contributed by atoms with Crippen molar-refractivity contribution in [2.75, 3.05) is 27.3 Å². The number of amides is 2. The van der Waals surface area contributed by atoms with Crippen LogP contribution in [0.3, 0.4) is 0 Å². The van der Waals surface area contributed by atoms with E-state index in [2.05, 4.69) is 5.32 Å². The summed E-state index contributed by atoms with van der Waals surface area (Å²) in [6.07, 6.45) is 1.33. The number of urea groups is 1. The Morgan fingerprint density at radius 3 is 2.59 bits per heavy atom. The number of aliphatic carboxylic acids is 1. The Kier molecular flexibility index (Phi) is 8.13. The van der Waals surface area contributed by atoms with Crippen LogP contribution in [0.5, 0.6) is 0 Å². The van der Waals surface area contributed by atoms with Crippen LogP contribution in [0.15, 0.2) is 0 Å². The molecule has 0 aromatic heterocycles. The predicted octanol–water partition coefficient (Wildman–Crippen LogP) is 0.918. The van der Waals surface area contributed by atoms with Gasteiger partial charge in [-0.25, -0.2) is 4.79 Å². The van der Waals surface area contributed by atoms with Gasteiger partial charge >= 0.3 is 12.0 Å². The van der Waals surface area contributed by atoms with Crippen molar-refractivity contribution in [2.45, 2.75) is 32.2 Å². The highest BCUT2D eigenvalue weighted by atomic mass is 16.5. The second kappa shape index (κ2) is 8.81. The number of nitrogens with zero attached hydrogens (tertiary/aromatic N) is 1. The molecule has 1 atom stereocenters. The van der Waals surface area contributed by atoms with E-state index in [0.29, 0.717) is 19.6 Å². The van der Waals surface area contributed by atoms with Crippen molar-refractivity contribution >= 4 is 12.0 Å². The van der Waals surface area contributed by atoms with Gasteiger partial charge in [-0.05, 0) is 12.8 Å². The van der Waals surface area contributed by atoms with Crippen molar-refractivity contribution in [1.29, 1.82) is 0 Å². The van der Waals surface area contributed by atoms with Crippen LogP contribution in [0.2, 0.25) is 0 Å². The van der Waals surface area contributed by atoms with Crippen LogP contribution in [0.25, 0.3) is 0 Å². The van der Waals surface area contributed by atoms with E-state index in [1.165, 1.54) is 4.90 Å². The normalized spacial score (nSPS) is 11.9. The molecule has 0 saturated carbocycles. The molecule has 6 nitrogen and oxygen atoms in total. The highest BCUT2D eigenvalue weighted by molar-refractivity contribution is 5.74. The molecule has 0 saturated heterocycles. The van der Waals surface area contributed by atoms with Gasteiger partial charge in [0.2, 0.25) is 0 Å². The molecule has 0 aromatic rings. The molecule has 0 bridgehead atoms. The molecule has 6 heteroatoms. The average Bonchev–Trinajstić information content (AvgIpc) is 2.27. The zero-order valence-electron chi connectivity index (χ0n) is 10.7. The van der Waals surface area contributed by atoms with Crippen LogP contribution in [-0.4, -0.2) is 55.4 Å². The van der Waals surface area contributed by atoms with E-state index in [4.69, 9.17) is 9.84 Å². The lowest BCUT2D eigenvalue weighted by Gasteiger charge is -2.22. The van der Waals surface area contributed by atoms with Gasteiger partial charge in [-0.3, -0.25) is 4.79 Å². The van der Waals surface area contributed by atoms with Crippen molar-refractivity contribution in [1.82, 2.24) is 10.2 Å². The Balaban J connectivity index is 3.90. The van der Waals surface area contributed by atoms with Crippen molar-refractivity contribution < 1.29 is 19.4 Å². The molecule has 0 heterocycles. The molecular formula is C11H22N2O4. The first-order chi connectivity index (χ1) is 8.01. The smallest absolute Gasteiger partial charge is 0.317 e. The van der Waals surface area contributed by atoms with Crippen molar-refractivity contribution in [3.8, 4) is 0 Å². The van der Waals surface area contributed by atoms with Crippen LogP contribution >= 0.6 is 0 Å². The second-order valence-corrected chi connectivity index (χ2v) is 3.93. The quantitative estimate of drug-likeness (QED) is 0.667. The highest BCUT2D eigenvalue weighted by Crippen LogP contribution is 1.97. The molecule has 2 amide bonds. The lowest BCUT2D eigenvalue weighted by Crippen LogP contribution is -2.45. The zero-order chi connectivity index (χ0) is 13.3. The van der Waals surface area contributed by atoms with Gasteiger partial charge in [0.25, 0.3) is 0 Å². The number of rotatable bonds is 8. The maximum Gasteiger partial charge on any atom is 0.317 e. The molecule has 0 fully saturated rings. The fraction of sp³-hybridized carbons (Fsp3) is 0.818. The summed E-state index contributed by atoms with van der Waals surface area (Å²) < 4.78 is 4.98. The third kappa shape index (κ3) is 7.57. The fourth-order valence-electron chi connectivity index (χ4n) is 1.32. The summed E-state index contributed by atoms with van der Waals surface area (Å²) >= 11 is 0. The van der Waals surface area contributed by atoms with Gasteiger partial charge in [0.15, 0.2) is 0 Å². The minimum absolute atomic E-state index is 0.00516. The van der Waals surface area contributed by atoms with E-state index in [-0.39, 0.29) is 18.5 Å². The first-order valence-corrected chi connectivity index (χ1v) is 5.73. The topological polar surface area (TPSA) is 78.9 Å². The molecule has 0 radical (unpaired) electrons. The summed E-state index contributed by atoms with van der Waals surface area (Å²) in [6, 6.07) is -0.200. The largest absolute Gasteiger partial charge is 0.481 e. The van der Waals surface area contributed by atoms with Crippen LogP contribution in [-0.2, 0) is 9.53 Å². The second-order valence-electron chi connectivity index (χ2n) is 3.93. The maximum absolute atomic E-state index is 11.7. The number of methoxy groups -OCH3 is 1. The number of carbonyl (C=O) groups excluding carboxylic acids is 1. The van der Waals surface area contributed by atoms with E-state index in [9.17, 15) is 9.59 Å². The average molecular weight is 246 g/mol. The molecule has 17 heavy (non-hydrogen) atoms.